The number of nitrogens with zero attached hydrogens (tertiary/aromatic N) is 1. The van der Waals surface area contributed by atoms with Gasteiger partial charge >= 0.3 is 0 Å². The van der Waals surface area contributed by atoms with Crippen LogP contribution >= 0.6 is 0 Å². The van der Waals surface area contributed by atoms with E-state index in [2.05, 4.69) is 11.9 Å². The Balaban J connectivity index is 2.05. The third-order valence-corrected chi connectivity index (χ3v) is 2.98. The molecule has 1 aliphatic rings. The van der Waals surface area contributed by atoms with E-state index in [1.807, 2.05) is 0 Å². The van der Waals surface area contributed by atoms with Crippen LogP contribution in [0.3, 0.4) is 0 Å². The lowest BCUT2D eigenvalue weighted by atomic mass is 9.91. The van der Waals surface area contributed by atoms with E-state index < -0.39 is 0 Å². The molecular weight excluding hydrogens is 162 g/mol. The number of ketones is 1. The first-order chi connectivity index (χ1) is 6.18. The fourth-order valence-corrected chi connectivity index (χ4v) is 1.99. The van der Waals surface area contributed by atoms with Gasteiger partial charge in [0.2, 0.25) is 0 Å². The Morgan fingerprint density at radius 1 is 1.38 bits per heavy atom. The molecule has 0 radical (unpaired) electrons. The molecule has 0 aromatic rings. The molecule has 13 heavy (non-hydrogen) atoms. The molecule has 76 valence electrons. The maximum Gasteiger partial charge on any atom is 0.129 e. The molecule has 0 spiro atoms. The summed E-state index contributed by atoms with van der Waals surface area (Å²) in [7, 11) is 2.19. The summed E-state index contributed by atoms with van der Waals surface area (Å²) in [5, 5.41) is 0. The van der Waals surface area contributed by atoms with Crippen molar-refractivity contribution in [3.05, 3.63) is 0 Å². The fourth-order valence-electron chi connectivity index (χ4n) is 1.99. The monoisotopic (exact) mass is 183 g/mol. The molecule has 0 N–H and O–H groups in total. The second kappa shape index (κ2) is 5.38. The van der Waals surface area contributed by atoms with Crippen molar-refractivity contribution in [2.75, 3.05) is 20.1 Å². The third-order valence-electron chi connectivity index (χ3n) is 2.98. The maximum absolute atomic E-state index is 10.7. The van der Waals surface area contributed by atoms with Crippen LogP contribution in [0.2, 0.25) is 0 Å². The lowest BCUT2D eigenvalue weighted by Crippen LogP contribution is -2.30. The van der Waals surface area contributed by atoms with E-state index >= 15 is 0 Å². The largest absolute Gasteiger partial charge is 0.306 e. The number of carbonyl (C=O) groups excluding carboxylic acids is 1. The minimum atomic E-state index is 0.341. The molecule has 1 saturated heterocycles. The lowest BCUT2D eigenvalue weighted by Gasteiger charge is -2.28. The van der Waals surface area contributed by atoms with E-state index in [0.29, 0.717) is 5.78 Å². The summed E-state index contributed by atoms with van der Waals surface area (Å²) in [6.07, 6.45) is 5.80. The number of hydrogen-bond donors (Lipinski definition) is 0. The second-order valence-electron chi connectivity index (χ2n) is 4.34. The molecule has 0 aliphatic carbocycles. The topological polar surface area (TPSA) is 20.3 Å². The van der Waals surface area contributed by atoms with Gasteiger partial charge in [-0.1, -0.05) is 0 Å². The van der Waals surface area contributed by atoms with Crippen LogP contribution in [-0.2, 0) is 4.79 Å². The first kappa shape index (κ1) is 10.7. The Morgan fingerprint density at radius 2 is 2.00 bits per heavy atom. The molecule has 0 atom stereocenters. The highest BCUT2D eigenvalue weighted by molar-refractivity contribution is 5.75. The highest BCUT2D eigenvalue weighted by Crippen LogP contribution is 2.21. The van der Waals surface area contributed by atoms with Gasteiger partial charge in [-0.2, -0.15) is 0 Å². The number of rotatable bonds is 4. The molecule has 1 fully saturated rings. The first-order valence-electron chi connectivity index (χ1n) is 5.36. The quantitative estimate of drug-likeness (QED) is 0.665. The average molecular weight is 183 g/mol. The lowest BCUT2D eigenvalue weighted by molar-refractivity contribution is -0.117. The predicted octanol–water partition coefficient (Wildman–Crippen LogP) is 2.09. The Kier molecular flexibility index (Phi) is 4.43. The molecule has 0 aromatic heterocycles. The molecule has 2 heteroatoms. The van der Waals surface area contributed by atoms with Crippen LogP contribution in [0, 0.1) is 5.92 Å². The minimum absolute atomic E-state index is 0.341. The predicted molar refractivity (Wildman–Crippen MR) is 54.8 cm³/mol. The maximum atomic E-state index is 10.7. The molecule has 0 amide bonds. The van der Waals surface area contributed by atoms with Crippen LogP contribution in [-0.4, -0.2) is 30.8 Å². The SMILES string of the molecule is CC(=O)CCCC1CCN(C)CC1. The fraction of sp³-hybridized carbons (Fsp3) is 0.909. The van der Waals surface area contributed by atoms with E-state index in [1.54, 1.807) is 6.92 Å². The van der Waals surface area contributed by atoms with E-state index in [-0.39, 0.29) is 0 Å². The van der Waals surface area contributed by atoms with Gasteiger partial charge in [-0.05, 0) is 58.7 Å². The van der Waals surface area contributed by atoms with Crippen molar-refractivity contribution in [1.29, 1.82) is 0 Å². The van der Waals surface area contributed by atoms with Crippen LogP contribution in [0.15, 0.2) is 0 Å². The number of likely N-dealkylation sites (tertiary alicyclic amines) is 1. The van der Waals surface area contributed by atoms with Crippen molar-refractivity contribution in [2.24, 2.45) is 5.92 Å². The van der Waals surface area contributed by atoms with Gasteiger partial charge in [0.25, 0.3) is 0 Å². The Morgan fingerprint density at radius 3 is 2.54 bits per heavy atom. The van der Waals surface area contributed by atoms with E-state index in [4.69, 9.17) is 0 Å². The highest BCUT2D eigenvalue weighted by atomic mass is 16.1. The summed E-state index contributed by atoms with van der Waals surface area (Å²) in [4.78, 5) is 13.1. The third kappa shape index (κ3) is 4.41. The summed E-state index contributed by atoms with van der Waals surface area (Å²) in [6, 6.07) is 0. The van der Waals surface area contributed by atoms with Gasteiger partial charge in [0.05, 0.1) is 0 Å². The summed E-state index contributed by atoms with van der Waals surface area (Å²) in [5.41, 5.74) is 0. The number of hydrogen-bond acceptors (Lipinski definition) is 2. The highest BCUT2D eigenvalue weighted by Gasteiger charge is 2.15. The van der Waals surface area contributed by atoms with Crippen LogP contribution in [0.5, 0.6) is 0 Å². The molecule has 0 saturated carbocycles. The molecule has 0 unspecified atom stereocenters. The van der Waals surface area contributed by atoms with Crippen LogP contribution in [0.25, 0.3) is 0 Å². The zero-order valence-electron chi connectivity index (χ0n) is 8.88. The van der Waals surface area contributed by atoms with Gasteiger partial charge in [-0.15, -0.1) is 0 Å². The zero-order chi connectivity index (χ0) is 9.68. The van der Waals surface area contributed by atoms with Gasteiger partial charge in [-0.25, -0.2) is 0 Å². The van der Waals surface area contributed by atoms with Gasteiger partial charge in [0.1, 0.15) is 5.78 Å². The molecule has 0 bridgehead atoms. The normalized spacial score (nSPS) is 20.5. The van der Waals surface area contributed by atoms with Crippen molar-refractivity contribution in [3.63, 3.8) is 0 Å². The molecule has 1 aliphatic heterocycles. The molecular formula is C11H21NO. The minimum Gasteiger partial charge on any atom is -0.306 e. The van der Waals surface area contributed by atoms with Gasteiger partial charge < -0.3 is 9.69 Å². The number of piperidine rings is 1. The number of carbonyl (C=O) groups is 1. The van der Waals surface area contributed by atoms with E-state index in [0.717, 1.165) is 18.8 Å². The Bertz CT molecular complexity index is 159. The standard InChI is InChI=1S/C11H21NO/c1-10(13)4-3-5-11-6-8-12(2)9-7-11/h11H,3-9H2,1-2H3. The summed E-state index contributed by atoms with van der Waals surface area (Å²) in [6.45, 7) is 4.17. The summed E-state index contributed by atoms with van der Waals surface area (Å²) in [5.74, 6) is 1.23. The van der Waals surface area contributed by atoms with Crippen LogP contribution < -0.4 is 0 Å². The van der Waals surface area contributed by atoms with Crippen molar-refractivity contribution in [1.82, 2.24) is 4.90 Å². The summed E-state index contributed by atoms with van der Waals surface area (Å²) < 4.78 is 0. The second-order valence-corrected chi connectivity index (χ2v) is 4.34. The Hall–Kier alpha value is -0.370. The zero-order valence-corrected chi connectivity index (χ0v) is 8.88. The van der Waals surface area contributed by atoms with Gasteiger partial charge in [-0.3, -0.25) is 0 Å². The van der Waals surface area contributed by atoms with E-state index in [9.17, 15) is 4.79 Å². The molecule has 0 aromatic carbocycles. The van der Waals surface area contributed by atoms with Crippen molar-refractivity contribution >= 4 is 5.78 Å². The smallest absolute Gasteiger partial charge is 0.129 e. The first-order valence-corrected chi connectivity index (χ1v) is 5.36. The van der Waals surface area contributed by atoms with Gasteiger partial charge in [0.15, 0.2) is 0 Å². The van der Waals surface area contributed by atoms with Crippen molar-refractivity contribution in [3.8, 4) is 0 Å². The van der Waals surface area contributed by atoms with Crippen LogP contribution in [0.4, 0.5) is 0 Å². The van der Waals surface area contributed by atoms with E-state index in [1.165, 1.54) is 32.4 Å². The molecule has 2 nitrogen and oxygen atoms in total. The molecule has 1 heterocycles. The summed E-state index contributed by atoms with van der Waals surface area (Å²) >= 11 is 0. The average Bonchev–Trinajstić information content (AvgIpc) is 2.08. The molecule has 1 rings (SSSR count). The Labute approximate surface area is 81.3 Å². The van der Waals surface area contributed by atoms with Crippen molar-refractivity contribution in [2.45, 2.75) is 39.0 Å². The van der Waals surface area contributed by atoms with Crippen LogP contribution in [0.1, 0.15) is 39.0 Å². The van der Waals surface area contributed by atoms with Crippen molar-refractivity contribution < 1.29 is 4.79 Å². The van der Waals surface area contributed by atoms with Gasteiger partial charge in [0, 0.05) is 6.42 Å². The number of Topliss-reactive ketones (excluding diaryl/α,β-unsaturated/α-hetero) is 1.